The third kappa shape index (κ3) is 4.44. The van der Waals surface area contributed by atoms with E-state index in [-0.39, 0.29) is 23.1 Å². The van der Waals surface area contributed by atoms with Gasteiger partial charge in [0.2, 0.25) is 17.6 Å². The first-order valence-electron chi connectivity index (χ1n) is 8.69. The third-order valence-corrected chi connectivity index (χ3v) is 4.35. The molecule has 2 aromatic rings. The van der Waals surface area contributed by atoms with E-state index in [1.807, 2.05) is 4.90 Å². The van der Waals surface area contributed by atoms with Gasteiger partial charge in [0.1, 0.15) is 5.82 Å². The number of piperidine rings is 1. The maximum absolute atomic E-state index is 13.0. The van der Waals surface area contributed by atoms with Crippen LogP contribution in [0.2, 0.25) is 0 Å². The van der Waals surface area contributed by atoms with Crippen molar-refractivity contribution in [2.45, 2.75) is 46.0 Å². The summed E-state index contributed by atoms with van der Waals surface area (Å²) in [5.74, 6) is 0.934. The number of amides is 1. The topological polar surface area (TPSA) is 59.2 Å². The lowest BCUT2D eigenvalue weighted by atomic mass is 9.90. The number of rotatable bonds is 3. The monoisotopic (exact) mass is 345 g/mol. The Balaban J connectivity index is 1.70. The largest absolute Gasteiger partial charge is 0.342 e. The molecule has 1 fully saturated rings. The van der Waals surface area contributed by atoms with Gasteiger partial charge < -0.3 is 9.42 Å². The summed E-state index contributed by atoms with van der Waals surface area (Å²) in [7, 11) is 0. The Morgan fingerprint density at radius 1 is 1.32 bits per heavy atom. The standard InChI is InChI=1S/C19H24FN3O2/c1-19(2,3)11-16(24)23-10-4-5-14(12-23)18-21-17(22-25-18)13-6-8-15(20)9-7-13/h6-9,14H,4-5,10-12H2,1-3H3. The minimum atomic E-state index is -0.298. The van der Waals surface area contributed by atoms with E-state index in [1.165, 1.54) is 12.1 Å². The van der Waals surface area contributed by atoms with Crippen LogP contribution in [0, 0.1) is 11.2 Å². The average molecular weight is 345 g/mol. The molecule has 134 valence electrons. The molecule has 1 aliphatic rings. The van der Waals surface area contributed by atoms with E-state index < -0.39 is 0 Å². The Bertz CT molecular complexity index is 734. The summed E-state index contributed by atoms with van der Waals surface area (Å²) in [4.78, 5) is 18.8. The second-order valence-corrected chi connectivity index (χ2v) is 7.88. The molecule has 0 N–H and O–H groups in total. The van der Waals surface area contributed by atoms with Gasteiger partial charge in [0.25, 0.3) is 0 Å². The van der Waals surface area contributed by atoms with Gasteiger partial charge in [-0.2, -0.15) is 4.98 Å². The molecule has 1 aromatic carbocycles. The van der Waals surface area contributed by atoms with Gasteiger partial charge >= 0.3 is 0 Å². The minimum absolute atomic E-state index is 0.0235. The first-order valence-corrected chi connectivity index (χ1v) is 8.69. The van der Waals surface area contributed by atoms with Gasteiger partial charge in [-0.05, 0) is 42.5 Å². The van der Waals surface area contributed by atoms with Gasteiger partial charge in [-0.25, -0.2) is 4.39 Å². The Labute approximate surface area is 147 Å². The number of carbonyl (C=O) groups excluding carboxylic acids is 1. The summed E-state index contributed by atoms with van der Waals surface area (Å²) < 4.78 is 18.5. The zero-order chi connectivity index (χ0) is 18.0. The van der Waals surface area contributed by atoms with Crippen molar-refractivity contribution in [2.24, 2.45) is 5.41 Å². The van der Waals surface area contributed by atoms with Gasteiger partial charge in [-0.3, -0.25) is 4.79 Å². The molecule has 0 radical (unpaired) electrons. The van der Waals surface area contributed by atoms with Crippen molar-refractivity contribution in [2.75, 3.05) is 13.1 Å². The molecule has 2 heterocycles. The van der Waals surface area contributed by atoms with Crippen LogP contribution in [0.5, 0.6) is 0 Å². The van der Waals surface area contributed by atoms with Crippen LogP contribution < -0.4 is 0 Å². The molecule has 1 aliphatic heterocycles. The number of likely N-dealkylation sites (tertiary alicyclic amines) is 1. The lowest BCUT2D eigenvalue weighted by Gasteiger charge is -2.33. The smallest absolute Gasteiger partial charge is 0.231 e. The zero-order valence-corrected chi connectivity index (χ0v) is 15.0. The highest BCUT2D eigenvalue weighted by Crippen LogP contribution is 2.29. The van der Waals surface area contributed by atoms with Crippen LogP contribution in [0.25, 0.3) is 11.4 Å². The van der Waals surface area contributed by atoms with Crippen LogP contribution in [0.3, 0.4) is 0 Å². The molecule has 1 amide bonds. The molecular weight excluding hydrogens is 321 g/mol. The quantitative estimate of drug-likeness (QED) is 0.843. The van der Waals surface area contributed by atoms with Crippen molar-refractivity contribution in [3.63, 3.8) is 0 Å². The Morgan fingerprint density at radius 2 is 2.04 bits per heavy atom. The van der Waals surface area contributed by atoms with Crippen molar-refractivity contribution in [3.05, 3.63) is 36.0 Å². The number of benzene rings is 1. The molecule has 0 aliphatic carbocycles. The predicted octanol–water partition coefficient (Wildman–Crippen LogP) is 4.02. The van der Waals surface area contributed by atoms with Gasteiger partial charge in [-0.15, -0.1) is 0 Å². The fraction of sp³-hybridized carbons (Fsp3) is 0.526. The van der Waals surface area contributed by atoms with Gasteiger partial charge in [-0.1, -0.05) is 25.9 Å². The summed E-state index contributed by atoms with van der Waals surface area (Å²) in [6, 6.07) is 6.01. The lowest BCUT2D eigenvalue weighted by Crippen LogP contribution is -2.40. The van der Waals surface area contributed by atoms with Crippen LogP contribution in [0.1, 0.15) is 51.8 Å². The average Bonchev–Trinajstić information content (AvgIpc) is 3.04. The summed E-state index contributed by atoms with van der Waals surface area (Å²) in [6.45, 7) is 7.60. The number of hydrogen-bond acceptors (Lipinski definition) is 4. The maximum atomic E-state index is 13.0. The molecule has 1 aromatic heterocycles. The Kier molecular flexibility index (Phi) is 4.88. The Morgan fingerprint density at radius 3 is 2.72 bits per heavy atom. The fourth-order valence-corrected chi connectivity index (χ4v) is 3.09. The number of halogens is 1. The number of aromatic nitrogens is 2. The van der Waals surface area contributed by atoms with Gasteiger partial charge in [0.05, 0.1) is 5.92 Å². The van der Waals surface area contributed by atoms with Crippen molar-refractivity contribution >= 4 is 5.91 Å². The molecule has 0 bridgehead atoms. The van der Waals surface area contributed by atoms with Crippen molar-refractivity contribution < 1.29 is 13.7 Å². The minimum Gasteiger partial charge on any atom is -0.342 e. The molecule has 1 saturated heterocycles. The molecule has 1 unspecified atom stereocenters. The number of carbonyl (C=O) groups is 1. The van der Waals surface area contributed by atoms with Crippen LogP contribution in [-0.2, 0) is 4.79 Å². The van der Waals surface area contributed by atoms with E-state index in [0.717, 1.165) is 19.4 Å². The van der Waals surface area contributed by atoms with Crippen LogP contribution in [0.15, 0.2) is 28.8 Å². The summed E-state index contributed by atoms with van der Waals surface area (Å²) in [5, 5.41) is 4.01. The number of hydrogen-bond donors (Lipinski definition) is 0. The molecule has 5 nitrogen and oxygen atoms in total. The van der Waals surface area contributed by atoms with E-state index in [2.05, 4.69) is 30.9 Å². The molecule has 6 heteroatoms. The maximum Gasteiger partial charge on any atom is 0.231 e. The van der Waals surface area contributed by atoms with E-state index >= 15 is 0 Å². The van der Waals surface area contributed by atoms with Crippen LogP contribution in [0.4, 0.5) is 4.39 Å². The van der Waals surface area contributed by atoms with E-state index in [1.54, 1.807) is 12.1 Å². The highest BCUT2D eigenvalue weighted by Gasteiger charge is 2.30. The second-order valence-electron chi connectivity index (χ2n) is 7.88. The first-order chi connectivity index (χ1) is 11.8. The van der Waals surface area contributed by atoms with Gasteiger partial charge in [0, 0.05) is 25.1 Å². The van der Waals surface area contributed by atoms with Gasteiger partial charge in [0.15, 0.2) is 0 Å². The lowest BCUT2D eigenvalue weighted by molar-refractivity contribution is -0.134. The zero-order valence-electron chi connectivity index (χ0n) is 15.0. The van der Waals surface area contributed by atoms with E-state index in [0.29, 0.717) is 30.2 Å². The Hall–Kier alpha value is -2.24. The first kappa shape index (κ1) is 17.6. The highest BCUT2D eigenvalue weighted by molar-refractivity contribution is 5.77. The highest BCUT2D eigenvalue weighted by atomic mass is 19.1. The summed E-state index contributed by atoms with van der Waals surface area (Å²) in [5.41, 5.74) is 0.692. The van der Waals surface area contributed by atoms with E-state index in [9.17, 15) is 9.18 Å². The second kappa shape index (κ2) is 6.94. The van der Waals surface area contributed by atoms with Crippen LogP contribution in [-0.4, -0.2) is 34.0 Å². The molecule has 0 spiro atoms. The molecular formula is C19H24FN3O2. The van der Waals surface area contributed by atoms with E-state index in [4.69, 9.17) is 4.52 Å². The third-order valence-electron chi connectivity index (χ3n) is 4.35. The predicted molar refractivity (Wildman–Crippen MR) is 92.3 cm³/mol. The SMILES string of the molecule is CC(C)(C)CC(=O)N1CCCC(c2nc(-c3ccc(F)cc3)no2)C1. The van der Waals surface area contributed by atoms with Crippen LogP contribution >= 0.6 is 0 Å². The van der Waals surface area contributed by atoms with Crippen molar-refractivity contribution in [3.8, 4) is 11.4 Å². The molecule has 1 atom stereocenters. The summed E-state index contributed by atoms with van der Waals surface area (Å²) in [6.07, 6.45) is 2.38. The van der Waals surface area contributed by atoms with Crippen molar-refractivity contribution in [1.82, 2.24) is 15.0 Å². The normalized spacial score (nSPS) is 18.4. The molecule has 0 saturated carbocycles. The molecule has 25 heavy (non-hydrogen) atoms. The fourth-order valence-electron chi connectivity index (χ4n) is 3.09. The number of nitrogens with zero attached hydrogens (tertiary/aromatic N) is 3. The van der Waals surface area contributed by atoms with Crippen molar-refractivity contribution in [1.29, 1.82) is 0 Å². The summed E-state index contributed by atoms with van der Waals surface area (Å²) >= 11 is 0. The molecule has 3 rings (SSSR count).